The Morgan fingerprint density at radius 3 is 2.57 bits per heavy atom. The molecule has 1 N–H and O–H groups in total. The number of methoxy groups -OCH3 is 1. The normalized spacial score (nSPS) is 11.1. The highest BCUT2D eigenvalue weighted by molar-refractivity contribution is 5.91. The zero-order chi connectivity index (χ0) is 21.5. The summed E-state index contributed by atoms with van der Waals surface area (Å²) in [7, 11) is 3.59. The van der Waals surface area contributed by atoms with Crippen LogP contribution in [-0.4, -0.2) is 38.1 Å². The molecule has 0 saturated heterocycles. The Bertz CT molecular complexity index is 1060. The Balaban J connectivity index is 1.67. The highest BCUT2D eigenvalue weighted by Crippen LogP contribution is 2.25. The first-order chi connectivity index (χ1) is 14.5. The van der Waals surface area contributed by atoms with Crippen molar-refractivity contribution in [2.24, 2.45) is 0 Å². The summed E-state index contributed by atoms with van der Waals surface area (Å²) in [5, 5.41) is 3.39. The summed E-state index contributed by atoms with van der Waals surface area (Å²) >= 11 is 0. The van der Waals surface area contributed by atoms with Gasteiger partial charge in [-0.2, -0.15) is 0 Å². The van der Waals surface area contributed by atoms with E-state index in [2.05, 4.69) is 17.1 Å². The minimum Gasteiger partial charge on any atom is -0.497 e. The highest BCUT2D eigenvalue weighted by Gasteiger charge is 2.09. The molecule has 0 aliphatic carbocycles. The third-order valence-corrected chi connectivity index (χ3v) is 5.00. The molecule has 0 aliphatic heterocycles. The van der Waals surface area contributed by atoms with Gasteiger partial charge in [-0.15, -0.1) is 0 Å². The van der Waals surface area contributed by atoms with Crippen LogP contribution in [0.25, 0.3) is 22.3 Å². The summed E-state index contributed by atoms with van der Waals surface area (Å²) in [6.45, 7) is 3.89. The standard InChI is InChI=1S/C24H28N2O4/c1-4-5-13-26(2)14-12-24(28)25-18-8-6-17(7-9-18)23-16-21(27)20-15-19(29-3)10-11-22(20)30-23/h6-11,15-16H,4-5,12-14H2,1-3H3,(H,25,28). The van der Waals surface area contributed by atoms with Gasteiger partial charge >= 0.3 is 0 Å². The Kier molecular flexibility index (Phi) is 7.25. The smallest absolute Gasteiger partial charge is 0.225 e. The molecule has 0 radical (unpaired) electrons. The molecule has 0 saturated carbocycles. The van der Waals surface area contributed by atoms with Gasteiger partial charge in [0.2, 0.25) is 5.91 Å². The van der Waals surface area contributed by atoms with Gasteiger partial charge < -0.3 is 19.4 Å². The lowest BCUT2D eigenvalue weighted by atomic mass is 10.1. The van der Waals surface area contributed by atoms with Gasteiger partial charge in [0.1, 0.15) is 17.1 Å². The van der Waals surface area contributed by atoms with Crippen molar-refractivity contribution in [2.75, 3.05) is 32.6 Å². The average molecular weight is 408 g/mol. The van der Waals surface area contributed by atoms with E-state index in [4.69, 9.17) is 9.15 Å². The lowest BCUT2D eigenvalue weighted by molar-refractivity contribution is -0.116. The van der Waals surface area contributed by atoms with E-state index in [0.717, 1.165) is 31.5 Å². The van der Waals surface area contributed by atoms with Crippen molar-refractivity contribution in [1.82, 2.24) is 4.90 Å². The first-order valence-corrected chi connectivity index (χ1v) is 10.2. The van der Waals surface area contributed by atoms with E-state index in [1.54, 1.807) is 25.3 Å². The fourth-order valence-electron chi connectivity index (χ4n) is 3.18. The van der Waals surface area contributed by atoms with Crippen LogP contribution < -0.4 is 15.5 Å². The Morgan fingerprint density at radius 1 is 1.10 bits per heavy atom. The number of carbonyl (C=O) groups excluding carboxylic acids is 1. The van der Waals surface area contributed by atoms with Crippen LogP contribution in [0.3, 0.4) is 0 Å². The predicted octanol–water partition coefficient (Wildman–Crippen LogP) is 4.53. The summed E-state index contributed by atoms with van der Waals surface area (Å²) in [5.74, 6) is 1.07. The number of fused-ring (bicyclic) bond motifs is 1. The van der Waals surface area contributed by atoms with Crippen molar-refractivity contribution in [3.8, 4) is 17.1 Å². The van der Waals surface area contributed by atoms with E-state index >= 15 is 0 Å². The van der Waals surface area contributed by atoms with Gasteiger partial charge in [0.25, 0.3) is 0 Å². The monoisotopic (exact) mass is 408 g/mol. The number of nitrogens with one attached hydrogen (secondary N) is 1. The van der Waals surface area contributed by atoms with Crippen LogP contribution in [0.4, 0.5) is 5.69 Å². The van der Waals surface area contributed by atoms with Crippen LogP contribution >= 0.6 is 0 Å². The van der Waals surface area contributed by atoms with E-state index in [1.807, 2.05) is 31.3 Å². The molecule has 6 nitrogen and oxygen atoms in total. The van der Waals surface area contributed by atoms with Gasteiger partial charge in [-0.3, -0.25) is 9.59 Å². The number of anilines is 1. The van der Waals surface area contributed by atoms with Crippen LogP contribution in [-0.2, 0) is 4.79 Å². The van der Waals surface area contributed by atoms with E-state index in [1.165, 1.54) is 6.07 Å². The van der Waals surface area contributed by atoms with Crippen molar-refractivity contribution >= 4 is 22.6 Å². The SMILES string of the molecule is CCCCN(C)CCC(=O)Nc1ccc(-c2cc(=O)c3cc(OC)ccc3o2)cc1. The van der Waals surface area contributed by atoms with Crippen molar-refractivity contribution in [2.45, 2.75) is 26.2 Å². The Morgan fingerprint density at radius 2 is 1.87 bits per heavy atom. The van der Waals surface area contributed by atoms with Crippen LogP contribution in [0.1, 0.15) is 26.2 Å². The molecular weight excluding hydrogens is 380 g/mol. The molecule has 1 heterocycles. The maximum absolute atomic E-state index is 12.5. The second-order valence-corrected chi connectivity index (χ2v) is 7.37. The molecule has 0 bridgehead atoms. The lowest BCUT2D eigenvalue weighted by Crippen LogP contribution is -2.25. The zero-order valence-corrected chi connectivity index (χ0v) is 17.7. The molecule has 3 aromatic rings. The molecule has 0 fully saturated rings. The number of nitrogens with zero attached hydrogens (tertiary/aromatic N) is 1. The summed E-state index contributed by atoms with van der Waals surface area (Å²) in [6.07, 6.45) is 2.73. The number of unbranched alkanes of at least 4 members (excludes halogenated alkanes) is 1. The minimum absolute atomic E-state index is 0.0164. The molecule has 158 valence electrons. The molecule has 6 heteroatoms. The topological polar surface area (TPSA) is 71.8 Å². The molecular formula is C24H28N2O4. The number of ether oxygens (including phenoxy) is 1. The van der Waals surface area contributed by atoms with E-state index in [0.29, 0.717) is 34.6 Å². The van der Waals surface area contributed by atoms with Crippen LogP contribution in [0.2, 0.25) is 0 Å². The van der Waals surface area contributed by atoms with Gasteiger partial charge in [0, 0.05) is 30.3 Å². The van der Waals surface area contributed by atoms with Crippen LogP contribution in [0.15, 0.2) is 57.7 Å². The van der Waals surface area contributed by atoms with Crippen LogP contribution in [0, 0.1) is 0 Å². The lowest BCUT2D eigenvalue weighted by Gasteiger charge is -2.15. The minimum atomic E-state index is -0.130. The van der Waals surface area contributed by atoms with Gasteiger partial charge in [-0.05, 0) is 62.5 Å². The van der Waals surface area contributed by atoms with Crippen molar-refractivity contribution in [3.63, 3.8) is 0 Å². The maximum atomic E-state index is 12.5. The second kappa shape index (κ2) is 10.1. The van der Waals surface area contributed by atoms with Crippen molar-refractivity contribution in [1.29, 1.82) is 0 Å². The summed E-state index contributed by atoms with van der Waals surface area (Å²) in [5.41, 5.74) is 1.85. The molecule has 0 atom stereocenters. The van der Waals surface area contributed by atoms with Gasteiger partial charge in [0.15, 0.2) is 5.43 Å². The first-order valence-electron chi connectivity index (χ1n) is 10.2. The summed E-state index contributed by atoms with van der Waals surface area (Å²) in [6, 6.07) is 13.9. The Labute approximate surface area is 176 Å². The van der Waals surface area contributed by atoms with Gasteiger partial charge in [-0.1, -0.05) is 13.3 Å². The Hall–Kier alpha value is -3.12. The molecule has 0 aliphatic rings. The first kappa shape index (κ1) is 21.6. The molecule has 0 unspecified atom stereocenters. The number of carbonyl (C=O) groups is 1. The zero-order valence-electron chi connectivity index (χ0n) is 17.7. The number of hydrogen-bond donors (Lipinski definition) is 1. The van der Waals surface area contributed by atoms with Crippen molar-refractivity contribution in [3.05, 3.63) is 58.8 Å². The molecule has 1 aromatic heterocycles. The summed E-state index contributed by atoms with van der Waals surface area (Å²) in [4.78, 5) is 26.8. The summed E-state index contributed by atoms with van der Waals surface area (Å²) < 4.78 is 11.1. The van der Waals surface area contributed by atoms with E-state index in [-0.39, 0.29) is 11.3 Å². The maximum Gasteiger partial charge on any atom is 0.225 e. The van der Waals surface area contributed by atoms with E-state index < -0.39 is 0 Å². The predicted molar refractivity (Wildman–Crippen MR) is 120 cm³/mol. The van der Waals surface area contributed by atoms with Gasteiger partial charge in [0.05, 0.1) is 12.5 Å². The fraction of sp³-hybridized carbons (Fsp3) is 0.333. The number of hydrogen-bond acceptors (Lipinski definition) is 5. The van der Waals surface area contributed by atoms with Gasteiger partial charge in [-0.25, -0.2) is 0 Å². The molecule has 0 spiro atoms. The number of rotatable bonds is 9. The third-order valence-electron chi connectivity index (χ3n) is 5.00. The number of amides is 1. The fourth-order valence-corrected chi connectivity index (χ4v) is 3.18. The second-order valence-electron chi connectivity index (χ2n) is 7.37. The largest absolute Gasteiger partial charge is 0.497 e. The van der Waals surface area contributed by atoms with E-state index in [9.17, 15) is 9.59 Å². The molecule has 3 rings (SSSR count). The van der Waals surface area contributed by atoms with Crippen molar-refractivity contribution < 1.29 is 13.9 Å². The third kappa shape index (κ3) is 5.48. The molecule has 1 amide bonds. The average Bonchev–Trinajstić information content (AvgIpc) is 2.76. The number of benzene rings is 2. The molecule has 2 aromatic carbocycles. The quantitative estimate of drug-likeness (QED) is 0.563. The van der Waals surface area contributed by atoms with Crippen LogP contribution in [0.5, 0.6) is 5.75 Å². The highest BCUT2D eigenvalue weighted by atomic mass is 16.5. The molecule has 30 heavy (non-hydrogen) atoms.